The van der Waals surface area contributed by atoms with Crippen molar-refractivity contribution >= 4 is 40.4 Å². The predicted octanol–water partition coefficient (Wildman–Crippen LogP) is 3.06. The van der Waals surface area contributed by atoms with E-state index in [1.807, 2.05) is 36.6 Å². The zero-order valence-electron chi connectivity index (χ0n) is 12.6. The number of para-hydroxylation sites is 1. The number of benzene rings is 1. The number of carbonyl (C=O) groups is 1. The van der Waals surface area contributed by atoms with Gasteiger partial charge in [-0.1, -0.05) is 41.7 Å². The number of amides is 1. The second-order valence-corrected chi connectivity index (χ2v) is 6.49. The molecule has 0 atom stereocenters. The number of thioether (sulfide) groups is 2. The molecule has 0 radical (unpaired) electrons. The van der Waals surface area contributed by atoms with Crippen LogP contribution < -0.4 is 5.73 Å². The van der Waals surface area contributed by atoms with Gasteiger partial charge < -0.3 is 10.2 Å². The monoisotopic (exact) mass is 356 g/mol. The standard InChI is InChI=1S/C16H12N4O2S2/c1-23-16-19-14(10(7-17)15(20-16)24-8-13(18)21)12-6-9-4-2-3-5-11(9)22-12/h2-6H,8H2,1H3,(H2,18,21). The first kappa shape index (κ1) is 16.4. The topological polar surface area (TPSA) is 106 Å². The molecule has 0 saturated carbocycles. The average Bonchev–Trinajstić information content (AvgIpc) is 3.02. The van der Waals surface area contributed by atoms with Crippen LogP contribution in [0.25, 0.3) is 22.4 Å². The fourth-order valence-corrected chi connectivity index (χ4v) is 3.27. The van der Waals surface area contributed by atoms with Crippen LogP contribution in [-0.2, 0) is 4.79 Å². The maximum Gasteiger partial charge on any atom is 0.227 e. The van der Waals surface area contributed by atoms with Gasteiger partial charge in [0.15, 0.2) is 10.9 Å². The summed E-state index contributed by atoms with van der Waals surface area (Å²) in [7, 11) is 0. The predicted molar refractivity (Wildman–Crippen MR) is 93.7 cm³/mol. The Labute approximate surface area is 146 Å². The largest absolute Gasteiger partial charge is 0.454 e. The van der Waals surface area contributed by atoms with E-state index in [0.29, 0.717) is 27.2 Å². The van der Waals surface area contributed by atoms with Gasteiger partial charge in [0.2, 0.25) is 5.91 Å². The van der Waals surface area contributed by atoms with Crippen molar-refractivity contribution in [3.63, 3.8) is 0 Å². The van der Waals surface area contributed by atoms with Crippen molar-refractivity contribution in [1.82, 2.24) is 9.97 Å². The highest BCUT2D eigenvalue weighted by atomic mass is 32.2. The fraction of sp³-hybridized carbons (Fsp3) is 0.125. The number of aromatic nitrogens is 2. The Morgan fingerprint density at radius 1 is 1.38 bits per heavy atom. The molecular formula is C16H12N4O2S2. The van der Waals surface area contributed by atoms with Crippen molar-refractivity contribution in [2.75, 3.05) is 12.0 Å². The molecular weight excluding hydrogens is 344 g/mol. The van der Waals surface area contributed by atoms with E-state index in [0.717, 1.165) is 17.1 Å². The summed E-state index contributed by atoms with van der Waals surface area (Å²) in [6.07, 6.45) is 1.84. The van der Waals surface area contributed by atoms with Gasteiger partial charge in [-0.15, -0.1) is 0 Å². The van der Waals surface area contributed by atoms with Gasteiger partial charge in [-0.05, 0) is 18.4 Å². The van der Waals surface area contributed by atoms with Gasteiger partial charge in [0.25, 0.3) is 0 Å². The van der Waals surface area contributed by atoms with E-state index in [9.17, 15) is 10.1 Å². The SMILES string of the molecule is CSc1nc(SCC(N)=O)c(C#N)c(-c2cc3ccccc3o2)n1. The van der Waals surface area contributed by atoms with Gasteiger partial charge in [0, 0.05) is 5.39 Å². The smallest absolute Gasteiger partial charge is 0.227 e. The van der Waals surface area contributed by atoms with Crippen molar-refractivity contribution in [2.45, 2.75) is 10.2 Å². The Bertz CT molecular complexity index is 929. The molecule has 0 bridgehead atoms. The van der Waals surface area contributed by atoms with Crippen molar-refractivity contribution in [3.05, 3.63) is 35.9 Å². The summed E-state index contributed by atoms with van der Waals surface area (Å²) in [6.45, 7) is 0. The molecule has 0 spiro atoms. The van der Waals surface area contributed by atoms with Crippen molar-refractivity contribution in [1.29, 1.82) is 5.26 Å². The van der Waals surface area contributed by atoms with Crippen LogP contribution in [0.1, 0.15) is 5.56 Å². The van der Waals surface area contributed by atoms with Crippen LogP contribution in [0, 0.1) is 11.3 Å². The number of hydrogen-bond donors (Lipinski definition) is 1. The molecule has 0 aliphatic heterocycles. The molecule has 0 unspecified atom stereocenters. The van der Waals surface area contributed by atoms with Gasteiger partial charge in [-0.25, -0.2) is 9.97 Å². The summed E-state index contributed by atoms with van der Waals surface area (Å²) in [6, 6.07) is 11.5. The summed E-state index contributed by atoms with van der Waals surface area (Å²) >= 11 is 2.47. The molecule has 1 aromatic carbocycles. The fourth-order valence-electron chi connectivity index (χ4n) is 2.13. The number of nitrogens with two attached hydrogens (primary N) is 1. The molecule has 2 heterocycles. The third-order valence-electron chi connectivity index (χ3n) is 3.16. The highest BCUT2D eigenvalue weighted by Crippen LogP contribution is 2.33. The molecule has 24 heavy (non-hydrogen) atoms. The van der Waals surface area contributed by atoms with Gasteiger partial charge >= 0.3 is 0 Å². The van der Waals surface area contributed by atoms with Gasteiger partial charge in [-0.2, -0.15) is 5.26 Å². The second-order valence-electron chi connectivity index (χ2n) is 4.75. The number of nitrogens with zero attached hydrogens (tertiary/aromatic N) is 3. The molecule has 1 amide bonds. The highest BCUT2D eigenvalue weighted by molar-refractivity contribution is 8.00. The molecule has 6 nitrogen and oxygen atoms in total. The minimum absolute atomic E-state index is 0.0408. The third kappa shape index (κ3) is 3.22. The Kier molecular flexibility index (Phi) is 4.74. The number of primary amides is 1. The lowest BCUT2D eigenvalue weighted by molar-refractivity contribution is -0.115. The summed E-state index contributed by atoms with van der Waals surface area (Å²) < 4.78 is 5.83. The number of furan rings is 1. The third-order valence-corrected chi connectivity index (χ3v) is 4.71. The second kappa shape index (κ2) is 6.95. The molecule has 0 fully saturated rings. The van der Waals surface area contributed by atoms with Crippen LogP contribution in [0.5, 0.6) is 0 Å². The Morgan fingerprint density at radius 3 is 2.83 bits per heavy atom. The summed E-state index contributed by atoms with van der Waals surface area (Å²) in [5, 5.41) is 11.4. The molecule has 0 saturated heterocycles. The van der Waals surface area contributed by atoms with E-state index in [1.54, 1.807) is 0 Å². The zero-order chi connectivity index (χ0) is 17.1. The van der Waals surface area contributed by atoms with Crippen molar-refractivity contribution < 1.29 is 9.21 Å². The number of carbonyl (C=O) groups excluding carboxylic acids is 1. The number of fused-ring (bicyclic) bond motifs is 1. The first-order valence-electron chi connectivity index (χ1n) is 6.88. The zero-order valence-corrected chi connectivity index (χ0v) is 14.3. The highest BCUT2D eigenvalue weighted by Gasteiger charge is 2.19. The van der Waals surface area contributed by atoms with Crippen LogP contribution in [0.2, 0.25) is 0 Å². The molecule has 120 valence electrons. The summed E-state index contributed by atoms with van der Waals surface area (Å²) in [5.41, 5.74) is 6.60. The van der Waals surface area contributed by atoms with Crippen molar-refractivity contribution in [2.24, 2.45) is 5.73 Å². The number of hydrogen-bond acceptors (Lipinski definition) is 7. The van der Waals surface area contributed by atoms with Crippen LogP contribution in [-0.4, -0.2) is 27.9 Å². The minimum atomic E-state index is -0.474. The Morgan fingerprint density at radius 2 is 2.17 bits per heavy atom. The Hall–Kier alpha value is -2.50. The number of rotatable bonds is 5. The molecule has 2 N–H and O–H groups in total. The van der Waals surface area contributed by atoms with Crippen LogP contribution >= 0.6 is 23.5 Å². The summed E-state index contributed by atoms with van der Waals surface area (Å²) in [4.78, 5) is 19.8. The van der Waals surface area contributed by atoms with E-state index in [2.05, 4.69) is 16.0 Å². The van der Waals surface area contributed by atoms with E-state index in [4.69, 9.17) is 10.2 Å². The van der Waals surface area contributed by atoms with Crippen LogP contribution in [0.3, 0.4) is 0 Å². The average molecular weight is 356 g/mol. The van der Waals surface area contributed by atoms with E-state index >= 15 is 0 Å². The first-order valence-corrected chi connectivity index (χ1v) is 9.09. The van der Waals surface area contributed by atoms with E-state index < -0.39 is 5.91 Å². The molecule has 8 heteroatoms. The summed E-state index contributed by atoms with van der Waals surface area (Å²) in [5.74, 6) is 0.0592. The van der Waals surface area contributed by atoms with Gasteiger partial charge in [0.1, 0.15) is 27.9 Å². The molecule has 0 aliphatic carbocycles. The van der Waals surface area contributed by atoms with E-state index in [1.165, 1.54) is 11.8 Å². The molecule has 3 rings (SSSR count). The molecule has 3 aromatic rings. The number of nitriles is 1. The maximum atomic E-state index is 11.1. The van der Waals surface area contributed by atoms with Crippen LogP contribution in [0.4, 0.5) is 0 Å². The molecule has 2 aromatic heterocycles. The Balaban J connectivity index is 2.16. The lowest BCUT2D eigenvalue weighted by Gasteiger charge is -2.07. The lowest BCUT2D eigenvalue weighted by Crippen LogP contribution is -2.13. The quantitative estimate of drug-likeness (QED) is 0.425. The first-order chi connectivity index (χ1) is 11.6. The van der Waals surface area contributed by atoms with Gasteiger partial charge in [0.05, 0.1) is 5.75 Å². The van der Waals surface area contributed by atoms with Crippen molar-refractivity contribution in [3.8, 4) is 17.5 Å². The van der Waals surface area contributed by atoms with Gasteiger partial charge in [-0.3, -0.25) is 4.79 Å². The van der Waals surface area contributed by atoms with E-state index in [-0.39, 0.29) is 11.3 Å². The lowest BCUT2D eigenvalue weighted by atomic mass is 10.2. The van der Waals surface area contributed by atoms with Crippen LogP contribution in [0.15, 0.2) is 44.9 Å². The maximum absolute atomic E-state index is 11.1. The minimum Gasteiger partial charge on any atom is -0.454 e. The normalized spacial score (nSPS) is 10.7. The molecule has 0 aliphatic rings.